The van der Waals surface area contributed by atoms with E-state index in [2.05, 4.69) is 38.1 Å². The van der Waals surface area contributed by atoms with Gasteiger partial charge in [0.1, 0.15) is 0 Å². The Kier molecular flexibility index (Phi) is 4.16. The van der Waals surface area contributed by atoms with Crippen LogP contribution in [0.2, 0.25) is 0 Å². The van der Waals surface area contributed by atoms with Crippen LogP contribution in [0.25, 0.3) is 0 Å². The molecular weight excluding hydrogens is 242 g/mol. The molecule has 1 aromatic carbocycles. The molecule has 0 radical (unpaired) electrons. The molecule has 2 N–H and O–H groups in total. The maximum Gasteiger partial charge on any atom is 0.0108 e. The average Bonchev–Trinajstić information content (AvgIpc) is 2.38. The van der Waals surface area contributed by atoms with Gasteiger partial charge in [-0.3, -0.25) is 0 Å². The first-order chi connectivity index (χ1) is 9.66. The van der Waals surface area contributed by atoms with Crippen LogP contribution >= 0.6 is 0 Å². The van der Waals surface area contributed by atoms with Crippen molar-refractivity contribution >= 4 is 0 Å². The van der Waals surface area contributed by atoms with Crippen molar-refractivity contribution in [3.8, 4) is 0 Å². The highest BCUT2D eigenvalue weighted by Gasteiger charge is 2.33. The lowest BCUT2D eigenvalue weighted by Crippen LogP contribution is -2.36. The van der Waals surface area contributed by atoms with Gasteiger partial charge in [0, 0.05) is 6.04 Å². The summed E-state index contributed by atoms with van der Waals surface area (Å²) < 4.78 is 0. The van der Waals surface area contributed by atoms with E-state index in [9.17, 15) is 0 Å². The molecule has 0 heterocycles. The second-order valence-corrected chi connectivity index (χ2v) is 7.34. The fourth-order valence-electron chi connectivity index (χ4n) is 4.13. The average molecular weight is 271 g/mol. The van der Waals surface area contributed by atoms with Crippen molar-refractivity contribution in [2.45, 2.75) is 70.3 Å². The summed E-state index contributed by atoms with van der Waals surface area (Å²) in [7, 11) is 0. The number of hydrogen-bond donors (Lipinski definition) is 1. The van der Waals surface area contributed by atoms with Gasteiger partial charge in [-0.2, -0.15) is 0 Å². The van der Waals surface area contributed by atoms with Crippen molar-refractivity contribution in [2.24, 2.45) is 17.6 Å². The summed E-state index contributed by atoms with van der Waals surface area (Å²) in [5, 5.41) is 0. The molecule has 2 aliphatic carbocycles. The van der Waals surface area contributed by atoms with Crippen molar-refractivity contribution in [3.05, 3.63) is 35.4 Å². The third-order valence-corrected chi connectivity index (χ3v) is 5.83. The van der Waals surface area contributed by atoms with Crippen LogP contribution in [0, 0.1) is 11.8 Å². The Balaban J connectivity index is 1.86. The van der Waals surface area contributed by atoms with Crippen molar-refractivity contribution in [1.29, 1.82) is 0 Å². The highest BCUT2D eigenvalue weighted by molar-refractivity contribution is 5.35. The lowest BCUT2D eigenvalue weighted by atomic mass is 9.68. The molecule has 110 valence electrons. The molecule has 20 heavy (non-hydrogen) atoms. The molecule has 2 aliphatic rings. The molecule has 2 fully saturated rings. The second kappa shape index (κ2) is 5.89. The summed E-state index contributed by atoms with van der Waals surface area (Å²) in [6, 6.07) is 9.52. The van der Waals surface area contributed by atoms with E-state index in [1.54, 1.807) is 11.1 Å². The maximum atomic E-state index is 6.50. The molecular formula is C19H29N. The zero-order chi connectivity index (χ0) is 14.1. The summed E-state index contributed by atoms with van der Waals surface area (Å²) in [6.45, 7) is 4.74. The molecule has 3 rings (SSSR count). The molecule has 1 nitrogen and oxygen atoms in total. The quantitative estimate of drug-likeness (QED) is 0.838. The monoisotopic (exact) mass is 271 g/mol. The molecule has 1 heteroatoms. The molecule has 1 aromatic rings. The van der Waals surface area contributed by atoms with E-state index in [0.717, 1.165) is 17.8 Å². The van der Waals surface area contributed by atoms with Crippen molar-refractivity contribution < 1.29 is 0 Å². The van der Waals surface area contributed by atoms with Gasteiger partial charge in [-0.25, -0.2) is 0 Å². The Hall–Kier alpha value is -0.820. The first-order valence-corrected chi connectivity index (χ1v) is 8.51. The smallest absolute Gasteiger partial charge is 0.0108 e. The first kappa shape index (κ1) is 14.1. The molecule has 3 atom stereocenters. The van der Waals surface area contributed by atoms with Crippen LogP contribution in [0.4, 0.5) is 0 Å². The second-order valence-electron chi connectivity index (χ2n) is 7.34. The predicted octanol–water partition coefficient (Wildman–Crippen LogP) is 4.82. The van der Waals surface area contributed by atoms with E-state index >= 15 is 0 Å². The van der Waals surface area contributed by atoms with Gasteiger partial charge in [-0.05, 0) is 66.9 Å². The van der Waals surface area contributed by atoms with Gasteiger partial charge < -0.3 is 5.73 Å². The SMILES string of the molecule is CC(C)C1CCC(N)C(c2ccccc2C2CCC2)C1. The fraction of sp³-hybridized carbons (Fsp3) is 0.684. The Bertz CT molecular complexity index is 447. The molecule has 0 saturated heterocycles. The van der Waals surface area contributed by atoms with E-state index in [0.29, 0.717) is 12.0 Å². The van der Waals surface area contributed by atoms with Gasteiger partial charge in [0.25, 0.3) is 0 Å². The van der Waals surface area contributed by atoms with E-state index in [1.807, 2.05) is 0 Å². The largest absolute Gasteiger partial charge is 0.327 e. The zero-order valence-electron chi connectivity index (χ0n) is 13.0. The molecule has 0 bridgehead atoms. The first-order valence-electron chi connectivity index (χ1n) is 8.51. The summed E-state index contributed by atoms with van der Waals surface area (Å²) in [5.41, 5.74) is 9.70. The normalized spacial score (nSPS) is 31.3. The van der Waals surface area contributed by atoms with E-state index < -0.39 is 0 Å². The van der Waals surface area contributed by atoms with Gasteiger partial charge in [-0.1, -0.05) is 44.5 Å². The summed E-state index contributed by atoms with van der Waals surface area (Å²) >= 11 is 0. The number of rotatable bonds is 3. The Morgan fingerprint density at radius 1 is 1.00 bits per heavy atom. The van der Waals surface area contributed by atoms with E-state index in [1.165, 1.54) is 38.5 Å². The van der Waals surface area contributed by atoms with Crippen molar-refractivity contribution in [2.75, 3.05) is 0 Å². The third-order valence-electron chi connectivity index (χ3n) is 5.83. The van der Waals surface area contributed by atoms with Crippen LogP contribution < -0.4 is 5.73 Å². The number of nitrogens with two attached hydrogens (primary N) is 1. The Morgan fingerprint density at radius 3 is 2.30 bits per heavy atom. The number of hydrogen-bond acceptors (Lipinski definition) is 1. The van der Waals surface area contributed by atoms with Crippen molar-refractivity contribution in [3.63, 3.8) is 0 Å². The zero-order valence-corrected chi connectivity index (χ0v) is 13.0. The topological polar surface area (TPSA) is 26.0 Å². The van der Waals surface area contributed by atoms with Gasteiger partial charge in [0.15, 0.2) is 0 Å². The standard InChI is InChI=1S/C19H29N/c1-13(2)15-10-11-19(20)18(12-15)17-9-4-3-8-16(17)14-6-5-7-14/h3-4,8-9,13-15,18-19H,5-7,10-12,20H2,1-2H3. The third kappa shape index (κ3) is 2.65. The van der Waals surface area contributed by atoms with Crippen LogP contribution in [-0.2, 0) is 0 Å². The molecule has 0 spiro atoms. The number of benzene rings is 1. The minimum atomic E-state index is 0.367. The van der Waals surface area contributed by atoms with Crippen molar-refractivity contribution in [1.82, 2.24) is 0 Å². The summed E-state index contributed by atoms with van der Waals surface area (Å²) in [4.78, 5) is 0. The highest BCUT2D eigenvalue weighted by atomic mass is 14.7. The Morgan fingerprint density at radius 2 is 1.70 bits per heavy atom. The molecule has 0 aromatic heterocycles. The molecule has 2 saturated carbocycles. The minimum absolute atomic E-state index is 0.367. The minimum Gasteiger partial charge on any atom is -0.327 e. The van der Waals surface area contributed by atoms with Crippen LogP contribution in [-0.4, -0.2) is 6.04 Å². The molecule has 0 aliphatic heterocycles. The van der Waals surface area contributed by atoms with Gasteiger partial charge in [0.2, 0.25) is 0 Å². The molecule has 3 unspecified atom stereocenters. The van der Waals surface area contributed by atoms with E-state index in [4.69, 9.17) is 5.73 Å². The lowest BCUT2D eigenvalue weighted by Gasteiger charge is -2.39. The van der Waals surface area contributed by atoms with Gasteiger partial charge in [0.05, 0.1) is 0 Å². The highest BCUT2D eigenvalue weighted by Crippen LogP contribution is 2.44. The van der Waals surface area contributed by atoms with Gasteiger partial charge in [-0.15, -0.1) is 0 Å². The van der Waals surface area contributed by atoms with E-state index in [-0.39, 0.29) is 0 Å². The van der Waals surface area contributed by atoms with Crippen LogP contribution in [0.3, 0.4) is 0 Å². The summed E-state index contributed by atoms with van der Waals surface area (Å²) in [6.07, 6.45) is 7.99. The van der Waals surface area contributed by atoms with Crippen LogP contribution in [0.1, 0.15) is 75.3 Å². The fourth-order valence-corrected chi connectivity index (χ4v) is 4.13. The lowest BCUT2D eigenvalue weighted by molar-refractivity contribution is 0.231. The Labute approximate surface area is 124 Å². The van der Waals surface area contributed by atoms with Gasteiger partial charge >= 0.3 is 0 Å². The summed E-state index contributed by atoms with van der Waals surface area (Å²) in [5.74, 6) is 3.06. The molecule has 0 amide bonds. The van der Waals surface area contributed by atoms with Crippen LogP contribution in [0.5, 0.6) is 0 Å². The maximum absolute atomic E-state index is 6.50. The predicted molar refractivity (Wildman–Crippen MR) is 85.9 cm³/mol. The van der Waals surface area contributed by atoms with Crippen LogP contribution in [0.15, 0.2) is 24.3 Å².